The van der Waals surface area contributed by atoms with Crippen LogP contribution in [0.5, 0.6) is 0 Å². The van der Waals surface area contributed by atoms with E-state index < -0.39 is 0 Å². The van der Waals surface area contributed by atoms with Crippen molar-refractivity contribution in [3.8, 4) is 11.5 Å². The van der Waals surface area contributed by atoms with E-state index in [1.165, 1.54) is 17.8 Å². The Balaban J connectivity index is 1.70. The lowest BCUT2D eigenvalue weighted by atomic mass is 10.2. The van der Waals surface area contributed by atoms with Crippen molar-refractivity contribution < 1.29 is 8.81 Å². The number of anilines is 1. The molecule has 0 atom stereocenters. The lowest BCUT2D eigenvalue weighted by Gasteiger charge is -2.01. The first-order valence-electron chi connectivity index (χ1n) is 6.38. The highest BCUT2D eigenvalue weighted by Crippen LogP contribution is 2.27. The van der Waals surface area contributed by atoms with Crippen LogP contribution in [0.2, 0.25) is 5.02 Å². The van der Waals surface area contributed by atoms with Gasteiger partial charge >= 0.3 is 0 Å². The topological polar surface area (TPSA) is 64.9 Å². The molecule has 0 saturated carbocycles. The molecule has 0 amide bonds. The van der Waals surface area contributed by atoms with E-state index in [1.807, 2.05) is 0 Å². The zero-order chi connectivity index (χ0) is 15.5. The standard InChI is InChI=1S/C15H11ClFN3OS/c16-11-4-1-10(13(17)7-11)8-22-15-20-19-14(21-15)9-2-5-12(18)6-3-9/h1-7H,8,18H2. The Hall–Kier alpha value is -2.05. The van der Waals surface area contributed by atoms with E-state index in [2.05, 4.69) is 10.2 Å². The van der Waals surface area contributed by atoms with E-state index in [9.17, 15) is 4.39 Å². The normalized spacial score (nSPS) is 10.8. The fourth-order valence-electron chi connectivity index (χ4n) is 1.79. The minimum absolute atomic E-state index is 0.349. The van der Waals surface area contributed by atoms with Crippen molar-refractivity contribution in [3.63, 3.8) is 0 Å². The summed E-state index contributed by atoms with van der Waals surface area (Å²) < 4.78 is 19.2. The maximum Gasteiger partial charge on any atom is 0.277 e. The van der Waals surface area contributed by atoms with E-state index in [-0.39, 0.29) is 5.82 Å². The van der Waals surface area contributed by atoms with Crippen LogP contribution >= 0.6 is 23.4 Å². The largest absolute Gasteiger partial charge is 0.411 e. The van der Waals surface area contributed by atoms with Crippen molar-refractivity contribution in [1.29, 1.82) is 0 Å². The zero-order valence-electron chi connectivity index (χ0n) is 11.3. The molecule has 0 aliphatic rings. The molecule has 0 unspecified atom stereocenters. The van der Waals surface area contributed by atoms with Gasteiger partial charge in [0.25, 0.3) is 5.22 Å². The molecule has 3 aromatic rings. The summed E-state index contributed by atoms with van der Waals surface area (Å²) in [5.74, 6) is 0.434. The van der Waals surface area contributed by atoms with Crippen LogP contribution in [-0.4, -0.2) is 10.2 Å². The average Bonchev–Trinajstić information content (AvgIpc) is 2.96. The van der Waals surface area contributed by atoms with Crippen LogP contribution in [0.3, 0.4) is 0 Å². The van der Waals surface area contributed by atoms with E-state index >= 15 is 0 Å². The number of nitrogen functional groups attached to an aromatic ring is 1. The number of benzene rings is 2. The van der Waals surface area contributed by atoms with Gasteiger partial charge in [-0.2, -0.15) is 0 Å². The van der Waals surface area contributed by atoms with Crippen LogP contribution in [0, 0.1) is 5.82 Å². The lowest BCUT2D eigenvalue weighted by Crippen LogP contribution is -1.87. The zero-order valence-corrected chi connectivity index (χ0v) is 12.9. The van der Waals surface area contributed by atoms with E-state index in [0.717, 1.165) is 5.56 Å². The molecule has 3 rings (SSSR count). The van der Waals surface area contributed by atoms with Crippen molar-refractivity contribution in [2.75, 3.05) is 5.73 Å². The van der Waals surface area contributed by atoms with Crippen LogP contribution in [0.4, 0.5) is 10.1 Å². The number of thioether (sulfide) groups is 1. The third-order valence-electron chi connectivity index (χ3n) is 2.93. The summed E-state index contributed by atoms with van der Waals surface area (Å²) in [7, 11) is 0. The van der Waals surface area contributed by atoms with E-state index in [1.54, 1.807) is 36.4 Å². The third-order valence-corrected chi connectivity index (χ3v) is 4.03. The van der Waals surface area contributed by atoms with Gasteiger partial charge in [-0.3, -0.25) is 0 Å². The first-order chi connectivity index (χ1) is 10.6. The molecule has 4 nitrogen and oxygen atoms in total. The molecule has 0 fully saturated rings. The summed E-state index contributed by atoms with van der Waals surface area (Å²) in [6.45, 7) is 0. The molecule has 0 bridgehead atoms. The molecule has 7 heteroatoms. The van der Waals surface area contributed by atoms with Gasteiger partial charge in [0.2, 0.25) is 5.89 Å². The van der Waals surface area contributed by atoms with Gasteiger partial charge in [-0.25, -0.2) is 4.39 Å². The number of hydrogen-bond acceptors (Lipinski definition) is 5. The number of rotatable bonds is 4. The first kappa shape index (κ1) is 14.9. The van der Waals surface area contributed by atoms with Crippen LogP contribution in [0.25, 0.3) is 11.5 Å². The number of aromatic nitrogens is 2. The predicted octanol–water partition coefficient (Wildman–Crippen LogP) is 4.40. The molecule has 2 aromatic carbocycles. The fourth-order valence-corrected chi connectivity index (χ4v) is 2.70. The molecule has 0 saturated heterocycles. The van der Waals surface area contributed by atoms with Gasteiger partial charge < -0.3 is 10.2 Å². The minimum atomic E-state index is -0.349. The maximum absolute atomic E-state index is 13.7. The van der Waals surface area contributed by atoms with E-state index in [0.29, 0.717) is 33.1 Å². The highest BCUT2D eigenvalue weighted by molar-refractivity contribution is 7.98. The summed E-state index contributed by atoms with van der Waals surface area (Å²) in [5.41, 5.74) is 7.61. The smallest absolute Gasteiger partial charge is 0.277 e. The summed E-state index contributed by atoms with van der Waals surface area (Å²) >= 11 is 6.98. The summed E-state index contributed by atoms with van der Waals surface area (Å²) in [6.07, 6.45) is 0. The Morgan fingerprint density at radius 1 is 1.14 bits per heavy atom. The van der Waals surface area contributed by atoms with Crippen molar-refractivity contribution in [1.82, 2.24) is 10.2 Å². The molecule has 22 heavy (non-hydrogen) atoms. The highest BCUT2D eigenvalue weighted by Gasteiger charge is 2.10. The van der Waals surface area contributed by atoms with Crippen LogP contribution < -0.4 is 5.73 Å². The molecule has 112 valence electrons. The second-order valence-electron chi connectivity index (χ2n) is 4.52. The summed E-state index contributed by atoms with van der Waals surface area (Å²) in [4.78, 5) is 0. The maximum atomic E-state index is 13.7. The SMILES string of the molecule is Nc1ccc(-c2nnc(SCc3ccc(Cl)cc3F)o2)cc1. The fraction of sp³-hybridized carbons (Fsp3) is 0.0667. The molecular formula is C15H11ClFN3OS. The molecule has 0 aliphatic heterocycles. The molecule has 0 spiro atoms. The van der Waals surface area contributed by atoms with Crippen LogP contribution in [-0.2, 0) is 5.75 Å². The van der Waals surface area contributed by atoms with Crippen molar-refractivity contribution in [2.45, 2.75) is 11.0 Å². The Morgan fingerprint density at radius 2 is 1.91 bits per heavy atom. The molecule has 1 heterocycles. The Morgan fingerprint density at radius 3 is 2.64 bits per heavy atom. The summed E-state index contributed by atoms with van der Waals surface area (Å²) in [5, 5.41) is 8.66. The molecular weight excluding hydrogens is 325 g/mol. The number of nitrogens with two attached hydrogens (primary N) is 1. The van der Waals surface area contributed by atoms with Crippen molar-refractivity contribution >= 4 is 29.1 Å². The first-order valence-corrected chi connectivity index (χ1v) is 7.74. The van der Waals surface area contributed by atoms with Gasteiger partial charge in [-0.1, -0.05) is 29.4 Å². The number of hydrogen-bond donors (Lipinski definition) is 1. The van der Waals surface area contributed by atoms with Crippen molar-refractivity contribution in [3.05, 3.63) is 58.9 Å². The average molecular weight is 336 g/mol. The molecule has 1 aromatic heterocycles. The quantitative estimate of drug-likeness (QED) is 0.565. The Labute approximate surface area is 135 Å². The van der Waals surface area contributed by atoms with Crippen molar-refractivity contribution in [2.24, 2.45) is 0 Å². The third kappa shape index (κ3) is 3.40. The van der Waals surface area contributed by atoms with Crippen LogP contribution in [0.15, 0.2) is 52.1 Å². The van der Waals surface area contributed by atoms with Gasteiger partial charge in [-0.05, 0) is 42.0 Å². The summed E-state index contributed by atoms with van der Waals surface area (Å²) in [6, 6.07) is 11.7. The lowest BCUT2D eigenvalue weighted by molar-refractivity contribution is 0.465. The van der Waals surface area contributed by atoms with Gasteiger partial charge in [0.15, 0.2) is 0 Å². The molecule has 0 radical (unpaired) electrons. The Kier molecular flexibility index (Phi) is 4.31. The van der Waals surface area contributed by atoms with Gasteiger partial charge in [0, 0.05) is 22.0 Å². The molecule has 2 N–H and O–H groups in total. The predicted molar refractivity (Wildman–Crippen MR) is 85.1 cm³/mol. The van der Waals surface area contributed by atoms with Gasteiger partial charge in [-0.15, -0.1) is 10.2 Å². The number of halogens is 2. The van der Waals surface area contributed by atoms with Gasteiger partial charge in [0.1, 0.15) is 5.82 Å². The van der Waals surface area contributed by atoms with Gasteiger partial charge in [0.05, 0.1) is 0 Å². The Bertz CT molecular complexity index is 792. The number of nitrogens with zero attached hydrogens (tertiary/aromatic N) is 2. The van der Waals surface area contributed by atoms with E-state index in [4.69, 9.17) is 21.8 Å². The highest BCUT2D eigenvalue weighted by atomic mass is 35.5. The second-order valence-corrected chi connectivity index (χ2v) is 5.88. The minimum Gasteiger partial charge on any atom is -0.411 e. The van der Waals surface area contributed by atoms with Crippen LogP contribution in [0.1, 0.15) is 5.56 Å². The second kappa shape index (κ2) is 6.37. The monoisotopic (exact) mass is 335 g/mol. The molecule has 0 aliphatic carbocycles.